The summed E-state index contributed by atoms with van der Waals surface area (Å²) in [4.78, 5) is 15.0. The van der Waals surface area contributed by atoms with Gasteiger partial charge in [0.25, 0.3) is 0 Å². The zero-order valence-electron chi connectivity index (χ0n) is 16.7. The molecule has 0 atom stereocenters. The van der Waals surface area contributed by atoms with E-state index in [-0.39, 0.29) is 4.90 Å². The van der Waals surface area contributed by atoms with Gasteiger partial charge in [-0.25, -0.2) is 13.4 Å². The minimum Gasteiger partial charge on any atom is -0.341 e. The Hall–Kier alpha value is -2.81. The Morgan fingerprint density at radius 1 is 0.933 bits per heavy atom. The average molecular weight is 422 g/mol. The summed E-state index contributed by atoms with van der Waals surface area (Å²) >= 11 is 0. The van der Waals surface area contributed by atoms with Crippen molar-refractivity contribution in [3.63, 3.8) is 0 Å². The third kappa shape index (κ3) is 3.47. The zero-order valence-corrected chi connectivity index (χ0v) is 17.6. The molecule has 0 radical (unpaired) electrons. The summed E-state index contributed by atoms with van der Waals surface area (Å²) in [6.45, 7) is 4.77. The van der Waals surface area contributed by atoms with Gasteiger partial charge < -0.3 is 4.98 Å². The number of nitrogens with one attached hydrogen (secondary N) is 1. The van der Waals surface area contributed by atoms with E-state index in [4.69, 9.17) is 0 Å². The largest absolute Gasteiger partial charge is 0.341 e. The first-order valence-corrected chi connectivity index (χ1v) is 11.5. The van der Waals surface area contributed by atoms with Crippen LogP contribution < -0.4 is 0 Å². The van der Waals surface area contributed by atoms with Gasteiger partial charge in [0.05, 0.1) is 23.1 Å². The number of aryl methyl sites for hydroxylation is 1. The molecular weight excluding hydrogens is 398 g/mol. The van der Waals surface area contributed by atoms with Crippen LogP contribution in [-0.4, -0.2) is 58.8 Å². The van der Waals surface area contributed by atoms with Gasteiger partial charge in [-0.1, -0.05) is 30.3 Å². The molecule has 1 fully saturated rings. The molecule has 0 amide bonds. The smallest absolute Gasteiger partial charge is 0.245 e. The van der Waals surface area contributed by atoms with Gasteiger partial charge in [-0.2, -0.15) is 4.31 Å². The van der Waals surface area contributed by atoms with E-state index in [1.807, 2.05) is 49.4 Å². The SMILES string of the molecule is Cc1ccc2cccc(S(=O)(=O)N3CCN(Cc4nc5ccccc5[nH]4)CC3)c2n1. The second-order valence-corrected chi connectivity index (χ2v) is 9.57. The Bertz CT molecular complexity index is 1290. The summed E-state index contributed by atoms with van der Waals surface area (Å²) in [6, 6.07) is 17.1. The fourth-order valence-electron chi connectivity index (χ4n) is 3.98. The molecule has 0 spiro atoms. The van der Waals surface area contributed by atoms with Crippen LogP contribution in [0, 0.1) is 6.92 Å². The molecule has 4 aromatic rings. The van der Waals surface area contributed by atoms with Crippen LogP contribution in [0.3, 0.4) is 0 Å². The van der Waals surface area contributed by atoms with Gasteiger partial charge in [0.2, 0.25) is 10.0 Å². The molecule has 2 aromatic carbocycles. The van der Waals surface area contributed by atoms with Gasteiger partial charge in [0.1, 0.15) is 10.7 Å². The van der Waals surface area contributed by atoms with Crippen molar-refractivity contribution in [1.29, 1.82) is 0 Å². The number of hydrogen-bond acceptors (Lipinski definition) is 5. The van der Waals surface area contributed by atoms with Crippen molar-refractivity contribution >= 4 is 32.0 Å². The molecule has 0 unspecified atom stereocenters. The lowest BCUT2D eigenvalue weighted by molar-refractivity contribution is 0.178. The van der Waals surface area contributed by atoms with E-state index in [1.165, 1.54) is 0 Å². The van der Waals surface area contributed by atoms with E-state index in [1.54, 1.807) is 16.4 Å². The van der Waals surface area contributed by atoms with Crippen LogP contribution in [0.1, 0.15) is 11.5 Å². The Labute approximate surface area is 175 Å². The van der Waals surface area contributed by atoms with Crippen molar-refractivity contribution in [1.82, 2.24) is 24.2 Å². The minimum absolute atomic E-state index is 0.287. The summed E-state index contributed by atoms with van der Waals surface area (Å²) < 4.78 is 28.3. The number of nitrogens with zero attached hydrogens (tertiary/aromatic N) is 4. The maximum Gasteiger partial charge on any atom is 0.245 e. The number of sulfonamides is 1. The summed E-state index contributed by atoms with van der Waals surface area (Å²) in [5, 5.41) is 0.838. The lowest BCUT2D eigenvalue weighted by atomic mass is 10.2. The first-order chi connectivity index (χ1) is 14.5. The molecule has 1 aliphatic heterocycles. The number of benzene rings is 2. The van der Waals surface area contributed by atoms with Crippen LogP contribution >= 0.6 is 0 Å². The Balaban J connectivity index is 1.33. The predicted octanol–water partition coefficient (Wildman–Crippen LogP) is 2.93. The Kier molecular flexibility index (Phi) is 4.77. The zero-order chi connectivity index (χ0) is 20.7. The summed E-state index contributed by atoms with van der Waals surface area (Å²) in [5.41, 5.74) is 3.32. The summed E-state index contributed by atoms with van der Waals surface area (Å²) in [6.07, 6.45) is 0. The van der Waals surface area contributed by atoms with Gasteiger partial charge in [0, 0.05) is 37.3 Å². The number of aromatic nitrogens is 3. The standard InChI is InChI=1S/C22H23N5O2S/c1-16-9-10-17-5-4-8-20(22(17)23-16)30(28,29)27-13-11-26(12-14-27)15-21-24-18-6-2-3-7-19(18)25-21/h2-10H,11-15H2,1H3,(H,24,25). The number of pyridine rings is 1. The molecule has 7 nitrogen and oxygen atoms in total. The third-order valence-corrected chi connectivity index (χ3v) is 7.51. The minimum atomic E-state index is -3.60. The number of imidazole rings is 1. The molecule has 154 valence electrons. The molecular formula is C22H23N5O2S. The highest BCUT2D eigenvalue weighted by Crippen LogP contribution is 2.25. The second-order valence-electron chi connectivity index (χ2n) is 7.66. The first-order valence-electron chi connectivity index (χ1n) is 10.0. The summed E-state index contributed by atoms with van der Waals surface area (Å²) in [5.74, 6) is 0.904. The number of aromatic amines is 1. The van der Waals surface area contributed by atoms with Gasteiger partial charge in [0.15, 0.2) is 0 Å². The van der Waals surface area contributed by atoms with Crippen LogP contribution in [0.4, 0.5) is 0 Å². The number of rotatable bonds is 4. The predicted molar refractivity (Wildman–Crippen MR) is 117 cm³/mol. The maximum absolute atomic E-state index is 13.3. The van der Waals surface area contributed by atoms with Crippen molar-refractivity contribution in [2.45, 2.75) is 18.4 Å². The van der Waals surface area contributed by atoms with Crippen molar-refractivity contribution in [2.75, 3.05) is 26.2 Å². The molecule has 1 N–H and O–H groups in total. The van der Waals surface area contributed by atoms with Gasteiger partial charge in [-0.05, 0) is 31.2 Å². The number of piperazine rings is 1. The van der Waals surface area contributed by atoms with E-state index in [9.17, 15) is 8.42 Å². The second kappa shape index (κ2) is 7.46. The lowest BCUT2D eigenvalue weighted by Crippen LogP contribution is -2.48. The number of hydrogen-bond donors (Lipinski definition) is 1. The fraction of sp³-hybridized carbons (Fsp3) is 0.273. The molecule has 1 aliphatic rings. The molecule has 0 saturated carbocycles. The Morgan fingerprint density at radius 2 is 1.73 bits per heavy atom. The lowest BCUT2D eigenvalue weighted by Gasteiger charge is -2.33. The van der Waals surface area contributed by atoms with Crippen molar-refractivity contribution < 1.29 is 8.42 Å². The van der Waals surface area contributed by atoms with Gasteiger partial charge in [-0.3, -0.25) is 9.88 Å². The van der Waals surface area contributed by atoms with E-state index in [2.05, 4.69) is 19.9 Å². The molecule has 2 aromatic heterocycles. The highest BCUT2D eigenvalue weighted by atomic mass is 32.2. The van der Waals surface area contributed by atoms with E-state index >= 15 is 0 Å². The highest BCUT2D eigenvalue weighted by molar-refractivity contribution is 7.89. The Morgan fingerprint density at radius 3 is 2.53 bits per heavy atom. The van der Waals surface area contributed by atoms with Gasteiger partial charge in [-0.15, -0.1) is 0 Å². The normalized spacial score (nSPS) is 16.4. The van der Waals surface area contributed by atoms with Crippen LogP contribution in [-0.2, 0) is 16.6 Å². The van der Waals surface area contributed by atoms with Crippen LogP contribution in [0.15, 0.2) is 59.5 Å². The number of H-pyrrole nitrogens is 1. The molecule has 30 heavy (non-hydrogen) atoms. The van der Waals surface area contributed by atoms with Crippen LogP contribution in [0.5, 0.6) is 0 Å². The topological polar surface area (TPSA) is 82.2 Å². The van der Waals surface area contributed by atoms with E-state index in [0.717, 1.165) is 27.9 Å². The highest BCUT2D eigenvalue weighted by Gasteiger charge is 2.30. The molecule has 5 rings (SSSR count). The quantitative estimate of drug-likeness (QED) is 0.548. The molecule has 8 heteroatoms. The van der Waals surface area contributed by atoms with Crippen LogP contribution in [0.25, 0.3) is 21.9 Å². The maximum atomic E-state index is 13.3. The summed E-state index contributed by atoms with van der Waals surface area (Å²) in [7, 11) is -3.60. The first kappa shape index (κ1) is 19.2. The molecule has 3 heterocycles. The van der Waals surface area contributed by atoms with Crippen LogP contribution in [0.2, 0.25) is 0 Å². The number of para-hydroxylation sites is 3. The van der Waals surface area contributed by atoms with E-state index < -0.39 is 10.0 Å². The van der Waals surface area contributed by atoms with Crippen molar-refractivity contribution in [2.24, 2.45) is 0 Å². The monoisotopic (exact) mass is 421 g/mol. The molecule has 0 aliphatic carbocycles. The molecule has 1 saturated heterocycles. The van der Waals surface area contributed by atoms with Gasteiger partial charge >= 0.3 is 0 Å². The van der Waals surface area contributed by atoms with Crippen molar-refractivity contribution in [3.8, 4) is 0 Å². The third-order valence-electron chi connectivity index (χ3n) is 5.58. The average Bonchev–Trinajstić information content (AvgIpc) is 3.16. The fourth-order valence-corrected chi connectivity index (χ4v) is 5.57. The number of fused-ring (bicyclic) bond motifs is 2. The van der Waals surface area contributed by atoms with E-state index in [0.29, 0.717) is 38.2 Å². The van der Waals surface area contributed by atoms with Crippen molar-refractivity contribution in [3.05, 3.63) is 66.1 Å². The molecule has 0 bridgehead atoms.